The average molecular weight is 340 g/mol. The second-order valence-corrected chi connectivity index (χ2v) is 7.52. The molecule has 6 nitrogen and oxygen atoms in total. The summed E-state index contributed by atoms with van der Waals surface area (Å²) in [6, 6.07) is 6.46. The van der Waals surface area contributed by atoms with E-state index in [0.717, 1.165) is 30.5 Å². The molecule has 0 aliphatic heterocycles. The van der Waals surface area contributed by atoms with Crippen molar-refractivity contribution in [3.05, 3.63) is 47.8 Å². The predicted octanol–water partition coefficient (Wildman–Crippen LogP) is 3.16. The van der Waals surface area contributed by atoms with Crippen molar-refractivity contribution in [2.75, 3.05) is 0 Å². The third-order valence-electron chi connectivity index (χ3n) is 4.61. The summed E-state index contributed by atoms with van der Waals surface area (Å²) in [6.07, 6.45) is 4.46. The minimum Gasteiger partial charge on any atom is -0.249 e. The van der Waals surface area contributed by atoms with Crippen LogP contribution in [-0.4, -0.2) is 29.8 Å². The number of rotatable bonds is 2. The van der Waals surface area contributed by atoms with Crippen LogP contribution >= 0.6 is 0 Å². The van der Waals surface area contributed by atoms with E-state index in [2.05, 4.69) is 41.2 Å². The number of halogens is 1. The van der Waals surface area contributed by atoms with E-state index in [1.807, 2.05) is 9.36 Å². The molecule has 3 aromatic rings. The van der Waals surface area contributed by atoms with Gasteiger partial charge in [0.2, 0.25) is 0 Å². The first kappa shape index (κ1) is 15.9. The summed E-state index contributed by atoms with van der Waals surface area (Å²) >= 11 is 0. The van der Waals surface area contributed by atoms with Crippen LogP contribution < -0.4 is 0 Å². The first-order chi connectivity index (χ1) is 11.9. The largest absolute Gasteiger partial charge is 0.249 e. The Bertz CT molecular complexity index is 887. The lowest BCUT2D eigenvalue weighted by atomic mass is 9.95. The van der Waals surface area contributed by atoms with Crippen LogP contribution in [-0.2, 0) is 18.4 Å². The molecule has 0 fully saturated rings. The fraction of sp³-hybridized carbons (Fsp3) is 0.444. The minimum absolute atomic E-state index is 0.0591. The maximum absolute atomic E-state index is 13.1. The summed E-state index contributed by atoms with van der Waals surface area (Å²) in [4.78, 5) is 4.38. The first-order valence-electron chi connectivity index (χ1n) is 8.53. The Morgan fingerprint density at radius 3 is 2.64 bits per heavy atom. The molecule has 0 saturated heterocycles. The topological polar surface area (TPSA) is 61.4 Å². The third-order valence-corrected chi connectivity index (χ3v) is 4.61. The molecule has 1 aliphatic rings. The summed E-state index contributed by atoms with van der Waals surface area (Å²) in [5.74, 6) is 0.356. The zero-order valence-electron chi connectivity index (χ0n) is 14.6. The quantitative estimate of drug-likeness (QED) is 0.719. The van der Waals surface area contributed by atoms with Crippen molar-refractivity contribution in [2.24, 2.45) is 0 Å². The average Bonchev–Trinajstić information content (AvgIpc) is 3.21. The van der Waals surface area contributed by atoms with E-state index in [4.69, 9.17) is 0 Å². The Morgan fingerprint density at radius 2 is 1.92 bits per heavy atom. The Hall–Kier alpha value is -2.57. The molecule has 0 N–H and O–H groups in total. The van der Waals surface area contributed by atoms with Gasteiger partial charge >= 0.3 is 0 Å². The smallest absolute Gasteiger partial charge is 0.181 e. The lowest BCUT2D eigenvalue weighted by Crippen LogP contribution is -2.28. The van der Waals surface area contributed by atoms with Gasteiger partial charge in [0.1, 0.15) is 12.1 Å². The standard InChI is InChI=1S/C18H21FN6/c1-18(2,3)25-16-9-8-14(10-15(16)21-23-25)24-11-20-17(22-24)12-4-6-13(19)7-5-12/h4-7,11,14H,8-10H2,1-3H3/t14-/m0/s1. The monoisotopic (exact) mass is 340 g/mol. The molecular formula is C18H21FN6. The molecular weight excluding hydrogens is 319 g/mol. The van der Waals surface area contributed by atoms with E-state index >= 15 is 0 Å². The maximum Gasteiger partial charge on any atom is 0.181 e. The molecule has 7 heteroatoms. The van der Waals surface area contributed by atoms with Gasteiger partial charge in [-0.05, 0) is 57.9 Å². The van der Waals surface area contributed by atoms with Crippen molar-refractivity contribution < 1.29 is 4.39 Å². The van der Waals surface area contributed by atoms with E-state index < -0.39 is 0 Å². The highest BCUT2D eigenvalue weighted by Crippen LogP contribution is 2.30. The van der Waals surface area contributed by atoms with Crippen LogP contribution in [0.15, 0.2) is 30.6 Å². The van der Waals surface area contributed by atoms with Gasteiger partial charge in [-0.15, -0.1) is 5.10 Å². The molecule has 0 saturated carbocycles. The summed E-state index contributed by atoms with van der Waals surface area (Å²) in [5.41, 5.74) is 3.03. The van der Waals surface area contributed by atoms with Crippen molar-refractivity contribution >= 4 is 0 Å². The highest BCUT2D eigenvalue weighted by atomic mass is 19.1. The molecule has 1 aromatic carbocycles. The number of nitrogens with zero attached hydrogens (tertiary/aromatic N) is 6. The summed E-state index contributed by atoms with van der Waals surface area (Å²) in [7, 11) is 0. The van der Waals surface area contributed by atoms with Gasteiger partial charge < -0.3 is 0 Å². The van der Waals surface area contributed by atoms with Gasteiger partial charge in [0, 0.05) is 12.0 Å². The molecule has 130 valence electrons. The SMILES string of the molecule is CC(C)(C)n1nnc2c1CC[C@H](n1cnc(-c3ccc(F)cc3)n1)C2. The molecule has 0 radical (unpaired) electrons. The fourth-order valence-electron chi connectivity index (χ4n) is 3.32. The van der Waals surface area contributed by atoms with Gasteiger partial charge in [0.05, 0.1) is 23.0 Å². The van der Waals surface area contributed by atoms with Crippen LogP contribution in [0.5, 0.6) is 0 Å². The summed E-state index contributed by atoms with van der Waals surface area (Å²) < 4.78 is 17.0. The molecule has 0 amide bonds. The summed E-state index contributed by atoms with van der Waals surface area (Å²) in [6.45, 7) is 6.42. The van der Waals surface area contributed by atoms with Gasteiger partial charge in [-0.1, -0.05) is 5.21 Å². The number of benzene rings is 1. The van der Waals surface area contributed by atoms with Gasteiger partial charge in [-0.25, -0.2) is 18.7 Å². The second kappa shape index (κ2) is 5.75. The lowest BCUT2D eigenvalue weighted by Gasteiger charge is -2.26. The van der Waals surface area contributed by atoms with Crippen LogP contribution in [0.2, 0.25) is 0 Å². The zero-order valence-corrected chi connectivity index (χ0v) is 14.6. The molecule has 25 heavy (non-hydrogen) atoms. The molecule has 1 aliphatic carbocycles. The Morgan fingerprint density at radius 1 is 1.16 bits per heavy atom. The van der Waals surface area contributed by atoms with Crippen molar-refractivity contribution in [2.45, 2.75) is 51.6 Å². The Labute approximate surface area is 145 Å². The molecule has 4 rings (SSSR count). The van der Waals surface area contributed by atoms with E-state index in [-0.39, 0.29) is 17.4 Å². The first-order valence-corrected chi connectivity index (χ1v) is 8.53. The fourth-order valence-corrected chi connectivity index (χ4v) is 3.32. The van der Waals surface area contributed by atoms with E-state index in [9.17, 15) is 4.39 Å². The van der Waals surface area contributed by atoms with Gasteiger partial charge in [0.25, 0.3) is 0 Å². The zero-order chi connectivity index (χ0) is 17.6. The van der Waals surface area contributed by atoms with Crippen LogP contribution in [0.4, 0.5) is 4.39 Å². The van der Waals surface area contributed by atoms with Crippen molar-refractivity contribution in [1.29, 1.82) is 0 Å². The second-order valence-electron chi connectivity index (χ2n) is 7.52. The van der Waals surface area contributed by atoms with Crippen molar-refractivity contribution in [3.8, 4) is 11.4 Å². The summed E-state index contributed by atoms with van der Waals surface area (Å²) in [5, 5.41) is 13.3. The van der Waals surface area contributed by atoms with Crippen molar-refractivity contribution in [1.82, 2.24) is 29.8 Å². The van der Waals surface area contributed by atoms with Gasteiger partial charge in [-0.2, -0.15) is 5.10 Å². The number of hydrogen-bond donors (Lipinski definition) is 0. The molecule has 0 spiro atoms. The third kappa shape index (κ3) is 2.94. The van der Waals surface area contributed by atoms with Crippen molar-refractivity contribution in [3.63, 3.8) is 0 Å². The Balaban J connectivity index is 1.57. The molecule has 0 unspecified atom stereocenters. The van der Waals surface area contributed by atoms with Crippen LogP contribution in [0.3, 0.4) is 0 Å². The predicted molar refractivity (Wildman–Crippen MR) is 91.5 cm³/mol. The maximum atomic E-state index is 13.1. The highest BCUT2D eigenvalue weighted by molar-refractivity contribution is 5.53. The normalized spacial score (nSPS) is 17.5. The molecule has 2 aromatic heterocycles. The van der Waals surface area contributed by atoms with E-state index in [1.54, 1.807) is 18.5 Å². The number of fused-ring (bicyclic) bond motifs is 1. The van der Waals surface area contributed by atoms with E-state index in [0.29, 0.717) is 5.82 Å². The highest BCUT2D eigenvalue weighted by Gasteiger charge is 2.29. The van der Waals surface area contributed by atoms with Gasteiger partial charge in [-0.3, -0.25) is 0 Å². The van der Waals surface area contributed by atoms with Crippen LogP contribution in [0.1, 0.15) is 44.6 Å². The van der Waals surface area contributed by atoms with Crippen LogP contribution in [0, 0.1) is 5.82 Å². The van der Waals surface area contributed by atoms with Gasteiger partial charge in [0.15, 0.2) is 5.82 Å². The molecule has 1 atom stereocenters. The minimum atomic E-state index is -0.259. The lowest BCUT2D eigenvalue weighted by molar-refractivity contribution is 0.324. The molecule has 2 heterocycles. The number of aromatic nitrogens is 6. The van der Waals surface area contributed by atoms with Crippen LogP contribution in [0.25, 0.3) is 11.4 Å². The van der Waals surface area contributed by atoms with E-state index in [1.165, 1.54) is 17.8 Å². The Kier molecular flexibility index (Phi) is 3.67. The molecule has 0 bridgehead atoms. The number of hydrogen-bond acceptors (Lipinski definition) is 4.